The van der Waals surface area contributed by atoms with Crippen molar-refractivity contribution >= 4 is 60.6 Å². The summed E-state index contributed by atoms with van der Waals surface area (Å²) in [5, 5.41) is 0. The highest BCUT2D eigenvalue weighted by atomic mass is 79.9. The zero-order chi connectivity index (χ0) is 15.0. The van der Waals surface area contributed by atoms with Gasteiger partial charge in [-0.2, -0.15) is 0 Å². The Morgan fingerprint density at radius 3 is 2.81 bits per heavy atom. The number of rotatable bonds is 3. The molecule has 1 aliphatic rings. The van der Waals surface area contributed by atoms with Gasteiger partial charge >= 0.3 is 0 Å². The summed E-state index contributed by atoms with van der Waals surface area (Å²) in [6.07, 6.45) is 0. The van der Waals surface area contributed by atoms with Crippen LogP contribution in [0.1, 0.15) is 9.67 Å². The molecule has 0 saturated heterocycles. The first-order valence-electron chi connectivity index (χ1n) is 6.06. The van der Waals surface area contributed by atoms with E-state index in [0.29, 0.717) is 16.3 Å². The van der Waals surface area contributed by atoms with Crippen LogP contribution in [0.3, 0.4) is 0 Å². The molecule has 1 amide bonds. The van der Waals surface area contributed by atoms with Crippen LogP contribution < -0.4 is 9.64 Å². The number of halogens is 2. The molecule has 0 N–H and O–H groups in total. The second-order valence-electron chi connectivity index (χ2n) is 4.41. The Hall–Kier alpha value is -1.18. The highest BCUT2D eigenvalue weighted by Gasteiger charge is 2.28. The van der Waals surface area contributed by atoms with Gasteiger partial charge in [-0.25, -0.2) is 0 Å². The second kappa shape index (κ2) is 5.90. The number of hydrogen-bond acceptors (Lipinski definition) is 4. The van der Waals surface area contributed by atoms with E-state index in [2.05, 4.69) is 31.9 Å². The molecule has 1 aliphatic heterocycles. The molecule has 1 aromatic heterocycles. The molecule has 0 aliphatic carbocycles. The van der Waals surface area contributed by atoms with E-state index in [0.717, 1.165) is 8.26 Å². The summed E-state index contributed by atoms with van der Waals surface area (Å²) >= 11 is 8.06. The number of nitrogens with zero attached hydrogens (tertiary/aromatic N) is 1. The summed E-state index contributed by atoms with van der Waals surface area (Å²) in [4.78, 5) is 26.5. The fraction of sp³-hybridized carbons (Fsp3) is 0.143. The molecule has 0 radical (unpaired) electrons. The molecule has 0 bridgehead atoms. The highest BCUT2D eigenvalue weighted by Crippen LogP contribution is 2.35. The number of ketones is 1. The van der Waals surface area contributed by atoms with Crippen LogP contribution in [0.2, 0.25) is 0 Å². The van der Waals surface area contributed by atoms with Crippen LogP contribution in [0, 0.1) is 0 Å². The van der Waals surface area contributed by atoms with E-state index in [1.807, 2.05) is 12.1 Å². The number of Topliss-reactive ketones (excluding diaryl/α,β-unsaturated/α-hetero) is 1. The summed E-state index contributed by atoms with van der Waals surface area (Å²) < 4.78 is 7.10. The van der Waals surface area contributed by atoms with Crippen molar-refractivity contribution < 1.29 is 14.3 Å². The number of fused-ring (bicyclic) bond motifs is 1. The van der Waals surface area contributed by atoms with Crippen molar-refractivity contribution in [2.45, 2.75) is 0 Å². The second-order valence-corrected chi connectivity index (χ2v) is 7.79. The molecular formula is C14H9Br2NO3S. The van der Waals surface area contributed by atoms with Gasteiger partial charge in [0.1, 0.15) is 5.75 Å². The summed E-state index contributed by atoms with van der Waals surface area (Å²) in [5.74, 6) is 0.300. The molecule has 0 saturated carbocycles. The van der Waals surface area contributed by atoms with E-state index in [9.17, 15) is 9.59 Å². The minimum absolute atomic E-state index is 0.0125. The number of anilines is 1. The zero-order valence-corrected chi connectivity index (χ0v) is 14.6. The van der Waals surface area contributed by atoms with E-state index in [1.54, 1.807) is 18.2 Å². The minimum atomic E-state index is -0.218. The average molecular weight is 431 g/mol. The molecule has 21 heavy (non-hydrogen) atoms. The number of hydrogen-bond donors (Lipinski definition) is 0. The lowest BCUT2D eigenvalue weighted by Gasteiger charge is -2.28. The van der Waals surface area contributed by atoms with Crippen molar-refractivity contribution in [3.05, 3.63) is 43.5 Å². The lowest BCUT2D eigenvalue weighted by atomic mass is 10.2. The molecule has 2 heterocycles. The van der Waals surface area contributed by atoms with Crippen LogP contribution in [0.25, 0.3) is 0 Å². The standard InChI is InChI=1S/C14H9Br2NO3S/c15-8-1-2-11-9(5-8)17(14(19)7-20-11)6-10(18)12-3-4-13(16)21-12/h1-5H,6-7H2. The SMILES string of the molecule is O=C(CN1C(=O)COc2ccc(Br)cc21)c1ccc(Br)s1. The summed E-state index contributed by atoms with van der Waals surface area (Å²) in [6.45, 7) is -0.0331. The maximum atomic E-state index is 12.3. The summed E-state index contributed by atoms with van der Waals surface area (Å²) in [7, 11) is 0. The lowest BCUT2D eigenvalue weighted by molar-refractivity contribution is -0.121. The first kappa shape index (κ1) is 14.7. The molecule has 4 nitrogen and oxygen atoms in total. The number of benzene rings is 1. The first-order valence-corrected chi connectivity index (χ1v) is 8.46. The van der Waals surface area contributed by atoms with Crippen molar-refractivity contribution in [3.8, 4) is 5.75 Å². The van der Waals surface area contributed by atoms with Crippen molar-refractivity contribution in [1.29, 1.82) is 0 Å². The monoisotopic (exact) mass is 429 g/mol. The van der Waals surface area contributed by atoms with Crippen LogP contribution >= 0.6 is 43.2 Å². The van der Waals surface area contributed by atoms with Crippen LogP contribution in [-0.2, 0) is 4.79 Å². The van der Waals surface area contributed by atoms with E-state index in [-0.39, 0.29) is 24.8 Å². The minimum Gasteiger partial charge on any atom is -0.482 e. The molecule has 0 fully saturated rings. The number of ether oxygens (including phenoxy) is 1. The Balaban J connectivity index is 1.90. The van der Waals surface area contributed by atoms with Gasteiger partial charge in [-0.05, 0) is 46.3 Å². The van der Waals surface area contributed by atoms with Gasteiger partial charge < -0.3 is 4.74 Å². The van der Waals surface area contributed by atoms with Crippen molar-refractivity contribution in [2.75, 3.05) is 18.1 Å². The van der Waals surface area contributed by atoms with Crippen molar-refractivity contribution in [2.24, 2.45) is 0 Å². The fourth-order valence-electron chi connectivity index (χ4n) is 2.03. The predicted octanol–water partition coefficient (Wildman–Crippen LogP) is 3.88. The molecule has 0 unspecified atom stereocenters. The predicted molar refractivity (Wildman–Crippen MR) is 88.3 cm³/mol. The third-order valence-corrected chi connectivity index (χ3v) is 5.17. The molecule has 3 rings (SSSR count). The number of carbonyl (C=O) groups is 2. The first-order chi connectivity index (χ1) is 10.0. The molecule has 1 aromatic carbocycles. The molecule has 0 atom stereocenters. The van der Waals surface area contributed by atoms with E-state index in [1.165, 1.54) is 16.2 Å². The van der Waals surface area contributed by atoms with E-state index < -0.39 is 0 Å². The summed E-state index contributed by atoms with van der Waals surface area (Å²) in [6, 6.07) is 8.98. The average Bonchev–Trinajstić information content (AvgIpc) is 2.89. The van der Waals surface area contributed by atoms with Gasteiger partial charge in [0.2, 0.25) is 0 Å². The molecule has 2 aromatic rings. The van der Waals surface area contributed by atoms with Gasteiger partial charge in [-0.15, -0.1) is 11.3 Å². The molecular weight excluding hydrogens is 422 g/mol. The maximum absolute atomic E-state index is 12.3. The Bertz CT molecular complexity index is 729. The summed E-state index contributed by atoms with van der Waals surface area (Å²) in [5.41, 5.74) is 0.615. The van der Waals surface area contributed by atoms with Gasteiger partial charge in [-0.1, -0.05) is 15.9 Å². The van der Waals surface area contributed by atoms with Crippen LogP contribution in [-0.4, -0.2) is 24.8 Å². The fourth-order valence-corrected chi connectivity index (χ4v) is 3.70. The number of carbonyl (C=O) groups excluding carboxylic acids is 2. The van der Waals surface area contributed by atoms with Crippen LogP contribution in [0.15, 0.2) is 38.6 Å². The van der Waals surface area contributed by atoms with Crippen LogP contribution in [0.4, 0.5) is 5.69 Å². The largest absolute Gasteiger partial charge is 0.482 e. The Labute approximate surface area is 142 Å². The third kappa shape index (κ3) is 3.04. The quantitative estimate of drug-likeness (QED) is 0.694. The molecule has 0 spiro atoms. The van der Waals surface area contributed by atoms with Gasteiger partial charge in [-0.3, -0.25) is 14.5 Å². The number of amides is 1. The van der Waals surface area contributed by atoms with Crippen molar-refractivity contribution in [1.82, 2.24) is 0 Å². The normalized spacial score (nSPS) is 13.8. The van der Waals surface area contributed by atoms with Gasteiger partial charge in [0, 0.05) is 4.47 Å². The van der Waals surface area contributed by atoms with Crippen LogP contribution in [0.5, 0.6) is 5.75 Å². The molecule has 7 heteroatoms. The van der Waals surface area contributed by atoms with Gasteiger partial charge in [0.05, 0.1) is 20.9 Å². The smallest absolute Gasteiger partial charge is 0.265 e. The number of thiophene rings is 1. The molecule has 108 valence electrons. The third-order valence-electron chi connectivity index (χ3n) is 3.01. The van der Waals surface area contributed by atoms with Gasteiger partial charge in [0.15, 0.2) is 12.4 Å². The van der Waals surface area contributed by atoms with E-state index >= 15 is 0 Å². The Morgan fingerprint density at radius 1 is 1.29 bits per heavy atom. The topological polar surface area (TPSA) is 46.6 Å². The van der Waals surface area contributed by atoms with Gasteiger partial charge in [0.25, 0.3) is 5.91 Å². The Morgan fingerprint density at radius 2 is 2.10 bits per heavy atom. The lowest BCUT2D eigenvalue weighted by Crippen LogP contribution is -2.41. The maximum Gasteiger partial charge on any atom is 0.265 e. The van der Waals surface area contributed by atoms with E-state index in [4.69, 9.17) is 4.74 Å². The zero-order valence-electron chi connectivity index (χ0n) is 10.6. The Kier molecular flexibility index (Phi) is 4.14. The van der Waals surface area contributed by atoms with Crippen molar-refractivity contribution in [3.63, 3.8) is 0 Å². The highest BCUT2D eigenvalue weighted by molar-refractivity contribution is 9.11.